The van der Waals surface area contributed by atoms with Crippen LogP contribution in [0.1, 0.15) is 15.9 Å². The lowest BCUT2D eigenvalue weighted by atomic mass is 10.1. The van der Waals surface area contributed by atoms with Crippen molar-refractivity contribution in [3.63, 3.8) is 0 Å². The summed E-state index contributed by atoms with van der Waals surface area (Å²) in [7, 11) is 1.61. The topological polar surface area (TPSA) is 42.1 Å². The second-order valence-electron chi connectivity index (χ2n) is 3.48. The number of carbonyl (C=O) groups is 1. The first-order valence-corrected chi connectivity index (χ1v) is 6.39. The van der Waals surface area contributed by atoms with E-state index < -0.39 is 0 Å². The van der Waals surface area contributed by atoms with Crippen LogP contribution in [0.4, 0.5) is 0 Å². The number of benzene rings is 1. The first kappa shape index (κ1) is 11.8. The molecule has 1 heterocycles. The van der Waals surface area contributed by atoms with Crippen LogP contribution in [0.5, 0.6) is 5.75 Å². The summed E-state index contributed by atoms with van der Waals surface area (Å²) in [5.74, 6) is 0.777. The van der Waals surface area contributed by atoms with Gasteiger partial charge in [0, 0.05) is 11.8 Å². The Labute approximate surface area is 104 Å². The summed E-state index contributed by atoms with van der Waals surface area (Å²) >= 11 is 1.53. The zero-order valence-electron chi connectivity index (χ0n) is 9.69. The molecular weight excluding hydrogens is 234 g/mol. The molecule has 2 aromatic rings. The molecule has 0 amide bonds. The number of carbonyl (C=O) groups excluding carboxylic acids is 1. The lowest BCUT2D eigenvalue weighted by Crippen LogP contribution is -2.01. The summed E-state index contributed by atoms with van der Waals surface area (Å²) in [5.41, 5.74) is 1.38. The van der Waals surface area contributed by atoms with Gasteiger partial charge in [0.1, 0.15) is 5.75 Å². The summed E-state index contributed by atoms with van der Waals surface area (Å²) in [6.07, 6.45) is 3.72. The van der Waals surface area contributed by atoms with Crippen LogP contribution in [0.3, 0.4) is 0 Å². The minimum absolute atomic E-state index is 0.0262. The first-order chi connectivity index (χ1) is 8.26. The maximum atomic E-state index is 12.2. The Morgan fingerprint density at radius 1 is 1.24 bits per heavy atom. The molecule has 0 unspecified atom stereocenters. The predicted octanol–water partition coefficient (Wildman–Crippen LogP) is 2.98. The molecule has 0 bridgehead atoms. The predicted molar refractivity (Wildman–Crippen MR) is 69.0 cm³/mol. The van der Waals surface area contributed by atoms with Gasteiger partial charge in [0.15, 0.2) is 5.78 Å². The van der Waals surface area contributed by atoms with Gasteiger partial charge in [-0.25, -0.2) is 0 Å². The van der Waals surface area contributed by atoms with E-state index in [2.05, 4.69) is 4.98 Å². The highest BCUT2D eigenvalue weighted by Crippen LogP contribution is 2.22. The van der Waals surface area contributed by atoms with E-state index >= 15 is 0 Å². The van der Waals surface area contributed by atoms with E-state index in [0.717, 1.165) is 10.8 Å². The number of ether oxygens (including phenoxy) is 1. The molecule has 1 N–H and O–H groups in total. The fraction of sp³-hybridized carbons (Fsp3) is 0.154. The van der Waals surface area contributed by atoms with Crippen molar-refractivity contribution in [3.8, 4) is 5.75 Å². The molecule has 1 aromatic carbocycles. The second kappa shape index (κ2) is 5.10. The highest BCUT2D eigenvalue weighted by molar-refractivity contribution is 7.98. The Kier molecular flexibility index (Phi) is 3.54. The lowest BCUT2D eigenvalue weighted by molar-refractivity contribution is 0.103. The molecule has 0 aliphatic heterocycles. The Balaban J connectivity index is 2.30. The number of ketones is 1. The summed E-state index contributed by atoms with van der Waals surface area (Å²) in [5, 5.41) is 0.894. The Morgan fingerprint density at radius 3 is 2.53 bits per heavy atom. The average molecular weight is 247 g/mol. The molecular formula is C13H13NO2S. The SMILES string of the molecule is COc1ccc(C(=O)c2cc[nH]c2SC)cc1. The molecule has 0 spiro atoms. The zero-order chi connectivity index (χ0) is 12.3. The highest BCUT2D eigenvalue weighted by atomic mass is 32.2. The number of hydrogen-bond donors (Lipinski definition) is 1. The van der Waals surface area contributed by atoms with Gasteiger partial charge in [0.05, 0.1) is 17.7 Å². The molecule has 0 fully saturated rings. The fourth-order valence-corrected chi connectivity index (χ4v) is 2.17. The lowest BCUT2D eigenvalue weighted by Gasteiger charge is -2.03. The van der Waals surface area contributed by atoms with Gasteiger partial charge in [-0.15, -0.1) is 11.8 Å². The van der Waals surface area contributed by atoms with Gasteiger partial charge in [-0.2, -0.15) is 0 Å². The minimum Gasteiger partial charge on any atom is -0.497 e. The van der Waals surface area contributed by atoms with Gasteiger partial charge in [-0.3, -0.25) is 4.79 Å². The molecule has 0 aliphatic rings. The number of methoxy groups -OCH3 is 1. The number of aromatic nitrogens is 1. The second-order valence-corrected chi connectivity index (χ2v) is 4.30. The molecule has 1 aromatic heterocycles. The number of thioether (sulfide) groups is 1. The molecule has 2 rings (SSSR count). The third kappa shape index (κ3) is 2.36. The number of rotatable bonds is 4. The van der Waals surface area contributed by atoms with Crippen molar-refractivity contribution in [1.29, 1.82) is 0 Å². The molecule has 3 nitrogen and oxygen atoms in total. The van der Waals surface area contributed by atoms with Crippen molar-refractivity contribution >= 4 is 17.5 Å². The van der Waals surface area contributed by atoms with Gasteiger partial charge in [0.25, 0.3) is 0 Å². The van der Waals surface area contributed by atoms with E-state index in [4.69, 9.17) is 4.74 Å². The van der Waals surface area contributed by atoms with Gasteiger partial charge < -0.3 is 9.72 Å². The minimum atomic E-state index is 0.0262. The number of H-pyrrole nitrogens is 1. The number of hydrogen-bond acceptors (Lipinski definition) is 3. The molecule has 0 atom stereocenters. The summed E-state index contributed by atoms with van der Waals surface area (Å²) in [4.78, 5) is 15.3. The van der Waals surface area contributed by atoms with Gasteiger partial charge >= 0.3 is 0 Å². The van der Waals surface area contributed by atoms with Crippen molar-refractivity contribution in [3.05, 3.63) is 47.7 Å². The first-order valence-electron chi connectivity index (χ1n) is 5.16. The highest BCUT2D eigenvalue weighted by Gasteiger charge is 2.13. The van der Waals surface area contributed by atoms with Crippen molar-refractivity contribution < 1.29 is 9.53 Å². The van der Waals surface area contributed by atoms with Crippen LogP contribution in [0.15, 0.2) is 41.6 Å². The Morgan fingerprint density at radius 2 is 1.94 bits per heavy atom. The molecule has 0 radical (unpaired) electrons. The van der Waals surface area contributed by atoms with Crippen LogP contribution in [0.25, 0.3) is 0 Å². The fourth-order valence-electron chi connectivity index (χ4n) is 1.60. The van der Waals surface area contributed by atoms with Crippen molar-refractivity contribution in [2.24, 2.45) is 0 Å². The van der Waals surface area contributed by atoms with Crippen molar-refractivity contribution in [2.75, 3.05) is 13.4 Å². The van der Waals surface area contributed by atoms with Crippen LogP contribution in [0, 0.1) is 0 Å². The Hall–Kier alpha value is -1.68. The molecule has 17 heavy (non-hydrogen) atoms. The summed E-state index contributed by atoms with van der Waals surface area (Å²) in [6.45, 7) is 0. The van der Waals surface area contributed by atoms with Crippen molar-refractivity contribution in [2.45, 2.75) is 5.03 Å². The Bertz CT molecular complexity index is 516. The standard InChI is InChI=1S/C13H13NO2S/c1-16-10-5-3-9(4-6-10)12(15)11-7-8-14-13(11)17-2/h3-8,14H,1-2H3. The normalized spacial score (nSPS) is 10.2. The largest absolute Gasteiger partial charge is 0.497 e. The maximum absolute atomic E-state index is 12.2. The smallest absolute Gasteiger partial charge is 0.195 e. The van der Waals surface area contributed by atoms with E-state index in [0.29, 0.717) is 11.1 Å². The summed E-state index contributed by atoms with van der Waals surface area (Å²) < 4.78 is 5.06. The van der Waals surface area contributed by atoms with Crippen molar-refractivity contribution in [1.82, 2.24) is 4.98 Å². The van der Waals surface area contributed by atoms with Crippen LogP contribution >= 0.6 is 11.8 Å². The van der Waals surface area contributed by atoms with Gasteiger partial charge in [-0.05, 0) is 36.6 Å². The quantitative estimate of drug-likeness (QED) is 0.667. The maximum Gasteiger partial charge on any atom is 0.195 e. The van der Waals surface area contributed by atoms with Crippen LogP contribution < -0.4 is 4.74 Å². The van der Waals surface area contributed by atoms with Crippen LogP contribution in [-0.4, -0.2) is 24.1 Å². The van der Waals surface area contributed by atoms with E-state index in [1.807, 2.05) is 6.26 Å². The third-order valence-electron chi connectivity index (χ3n) is 2.51. The van der Waals surface area contributed by atoms with Gasteiger partial charge in [0.2, 0.25) is 0 Å². The number of aromatic amines is 1. The monoisotopic (exact) mass is 247 g/mol. The molecule has 4 heteroatoms. The molecule has 0 saturated carbocycles. The molecule has 0 aliphatic carbocycles. The van der Waals surface area contributed by atoms with Crippen LogP contribution in [-0.2, 0) is 0 Å². The third-order valence-corrected chi connectivity index (χ3v) is 3.26. The molecule has 88 valence electrons. The van der Waals surface area contributed by atoms with E-state index in [1.165, 1.54) is 11.8 Å². The average Bonchev–Trinajstić information content (AvgIpc) is 2.86. The van der Waals surface area contributed by atoms with E-state index in [-0.39, 0.29) is 5.78 Å². The van der Waals surface area contributed by atoms with Crippen LogP contribution in [0.2, 0.25) is 0 Å². The van der Waals surface area contributed by atoms with E-state index in [1.54, 1.807) is 43.6 Å². The molecule has 0 saturated heterocycles. The number of nitrogens with one attached hydrogen (secondary N) is 1. The zero-order valence-corrected chi connectivity index (χ0v) is 10.5. The van der Waals surface area contributed by atoms with Gasteiger partial charge in [-0.1, -0.05) is 0 Å². The summed E-state index contributed by atoms with van der Waals surface area (Å²) in [6, 6.07) is 8.94. The van der Waals surface area contributed by atoms with E-state index in [9.17, 15) is 4.79 Å².